The molecule has 0 saturated carbocycles. The maximum atomic E-state index is 12.9. The topological polar surface area (TPSA) is 65.1 Å². The van der Waals surface area contributed by atoms with Crippen molar-refractivity contribution in [2.45, 2.75) is 26.7 Å². The molecule has 24 heavy (non-hydrogen) atoms. The number of amides is 1. The molecule has 6 nitrogen and oxygen atoms in total. The summed E-state index contributed by atoms with van der Waals surface area (Å²) in [5.41, 5.74) is 0.472. The van der Waals surface area contributed by atoms with Gasteiger partial charge in [0.2, 0.25) is 0 Å². The van der Waals surface area contributed by atoms with Gasteiger partial charge in [0.1, 0.15) is 11.5 Å². The quantitative estimate of drug-likeness (QED) is 0.648. The highest BCUT2D eigenvalue weighted by Gasteiger charge is 2.19. The number of hydrogen-bond acceptors (Lipinski definition) is 5. The summed E-state index contributed by atoms with van der Waals surface area (Å²) in [4.78, 5) is 25.9. The summed E-state index contributed by atoms with van der Waals surface area (Å²) in [6.07, 6.45) is 1.02. The number of rotatable bonds is 9. The van der Waals surface area contributed by atoms with Gasteiger partial charge in [-0.05, 0) is 24.5 Å². The summed E-state index contributed by atoms with van der Waals surface area (Å²) in [5.74, 6) is 1.07. The third-order valence-electron chi connectivity index (χ3n) is 3.68. The van der Waals surface area contributed by atoms with Crippen molar-refractivity contribution in [1.29, 1.82) is 0 Å². The average Bonchev–Trinajstić information content (AvgIpc) is 2.59. The highest BCUT2D eigenvalue weighted by atomic mass is 16.5. The van der Waals surface area contributed by atoms with E-state index in [9.17, 15) is 9.59 Å². The average molecular weight is 337 g/mol. The highest BCUT2D eigenvalue weighted by Crippen LogP contribution is 2.23. The molecule has 6 heteroatoms. The second-order valence-corrected chi connectivity index (χ2v) is 5.90. The van der Waals surface area contributed by atoms with Gasteiger partial charge in [-0.3, -0.25) is 9.59 Å². The fourth-order valence-electron chi connectivity index (χ4n) is 2.17. The van der Waals surface area contributed by atoms with Crippen LogP contribution in [-0.2, 0) is 9.53 Å². The van der Waals surface area contributed by atoms with E-state index in [0.717, 1.165) is 6.42 Å². The minimum atomic E-state index is -0.333. The normalized spacial score (nSPS) is 10.4. The predicted octanol–water partition coefficient (Wildman–Crippen LogP) is 2.76. The van der Waals surface area contributed by atoms with Crippen LogP contribution >= 0.6 is 0 Å². The first kappa shape index (κ1) is 19.8. The minimum absolute atomic E-state index is 0.156. The molecule has 0 fully saturated rings. The summed E-state index contributed by atoms with van der Waals surface area (Å²) in [6, 6.07) is 5.06. The molecule has 0 spiro atoms. The molecule has 0 bridgehead atoms. The Hall–Kier alpha value is -2.24. The molecule has 0 saturated heterocycles. The molecule has 0 atom stereocenters. The fourth-order valence-corrected chi connectivity index (χ4v) is 2.17. The Morgan fingerprint density at radius 2 is 1.58 bits per heavy atom. The summed E-state index contributed by atoms with van der Waals surface area (Å²) < 4.78 is 15.1. The monoisotopic (exact) mass is 337 g/mol. The SMILES string of the molecule is COC(=O)CCN(CCC(C)C)C(=O)c1cc(OC)cc(OC)c1. The Morgan fingerprint density at radius 3 is 2.04 bits per heavy atom. The number of esters is 1. The number of methoxy groups -OCH3 is 3. The van der Waals surface area contributed by atoms with Crippen LogP contribution in [-0.4, -0.2) is 51.2 Å². The van der Waals surface area contributed by atoms with Gasteiger partial charge >= 0.3 is 5.97 Å². The molecule has 0 aliphatic carbocycles. The second kappa shape index (κ2) is 9.80. The molecule has 1 aromatic carbocycles. The number of ether oxygens (including phenoxy) is 3. The van der Waals surface area contributed by atoms with Crippen molar-refractivity contribution in [3.63, 3.8) is 0 Å². The molecule has 0 heterocycles. The summed E-state index contributed by atoms with van der Waals surface area (Å²) in [6.45, 7) is 5.08. The van der Waals surface area contributed by atoms with Crippen molar-refractivity contribution in [3.8, 4) is 11.5 Å². The van der Waals surface area contributed by atoms with E-state index in [2.05, 4.69) is 18.6 Å². The standard InChI is InChI=1S/C18H27NO5/c1-13(2)6-8-19(9-7-17(20)24-5)18(21)14-10-15(22-3)12-16(11-14)23-4/h10-13H,6-9H2,1-5H3. The molecule has 0 unspecified atom stereocenters. The van der Waals surface area contributed by atoms with Crippen molar-refractivity contribution in [2.24, 2.45) is 5.92 Å². The molecule has 0 aliphatic rings. The van der Waals surface area contributed by atoms with E-state index in [1.165, 1.54) is 21.3 Å². The van der Waals surface area contributed by atoms with Crippen LogP contribution in [0.3, 0.4) is 0 Å². The van der Waals surface area contributed by atoms with Gasteiger partial charge in [-0.1, -0.05) is 13.8 Å². The van der Waals surface area contributed by atoms with Gasteiger partial charge in [0.15, 0.2) is 0 Å². The van der Waals surface area contributed by atoms with Gasteiger partial charge in [0, 0.05) is 24.7 Å². The van der Waals surface area contributed by atoms with E-state index in [-0.39, 0.29) is 18.3 Å². The fraction of sp³-hybridized carbons (Fsp3) is 0.556. The lowest BCUT2D eigenvalue weighted by atomic mass is 10.1. The van der Waals surface area contributed by atoms with Crippen molar-refractivity contribution in [1.82, 2.24) is 4.90 Å². The van der Waals surface area contributed by atoms with E-state index >= 15 is 0 Å². The number of benzene rings is 1. The molecule has 1 rings (SSSR count). The maximum absolute atomic E-state index is 12.9. The lowest BCUT2D eigenvalue weighted by molar-refractivity contribution is -0.140. The Morgan fingerprint density at radius 1 is 1.00 bits per heavy atom. The van der Waals surface area contributed by atoms with Gasteiger partial charge < -0.3 is 19.1 Å². The number of carbonyl (C=O) groups is 2. The third kappa shape index (κ3) is 6.10. The lowest BCUT2D eigenvalue weighted by Gasteiger charge is -2.23. The molecule has 0 radical (unpaired) electrons. The van der Waals surface area contributed by atoms with Crippen molar-refractivity contribution in [3.05, 3.63) is 23.8 Å². The first-order valence-electron chi connectivity index (χ1n) is 8.00. The van der Waals surface area contributed by atoms with Gasteiger partial charge in [-0.15, -0.1) is 0 Å². The molecular weight excluding hydrogens is 310 g/mol. The number of hydrogen-bond donors (Lipinski definition) is 0. The first-order valence-corrected chi connectivity index (χ1v) is 8.00. The van der Waals surface area contributed by atoms with Gasteiger partial charge in [-0.25, -0.2) is 0 Å². The lowest BCUT2D eigenvalue weighted by Crippen LogP contribution is -2.34. The van der Waals surface area contributed by atoms with Gasteiger partial charge in [0.05, 0.1) is 27.8 Å². The largest absolute Gasteiger partial charge is 0.497 e. The van der Waals surface area contributed by atoms with Crippen molar-refractivity contribution < 1.29 is 23.8 Å². The Labute approximate surface area is 143 Å². The maximum Gasteiger partial charge on any atom is 0.307 e. The van der Waals surface area contributed by atoms with E-state index in [1.54, 1.807) is 23.1 Å². The van der Waals surface area contributed by atoms with E-state index < -0.39 is 0 Å². The summed E-state index contributed by atoms with van der Waals surface area (Å²) >= 11 is 0. The smallest absolute Gasteiger partial charge is 0.307 e. The third-order valence-corrected chi connectivity index (χ3v) is 3.68. The van der Waals surface area contributed by atoms with E-state index in [1.807, 2.05) is 0 Å². The zero-order valence-corrected chi connectivity index (χ0v) is 15.1. The van der Waals surface area contributed by atoms with E-state index in [4.69, 9.17) is 9.47 Å². The number of carbonyl (C=O) groups excluding carboxylic acids is 2. The molecule has 0 aliphatic heterocycles. The molecule has 0 N–H and O–H groups in total. The molecule has 1 amide bonds. The Bertz CT molecular complexity index is 534. The van der Waals surface area contributed by atoms with E-state index in [0.29, 0.717) is 36.1 Å². The summed E-state index contributed by atoms with van der Waals surface area (Å²) in [7, 11) is 4.42. The van der Waals surface area contributed by atoms with Crippen LogP contribution in [0.4, 0.5) is 0 Å². The Kier molecular flexibility index (Phi) is 8.09. The Balaban J connectivity index is 2.98. The van der Waals surface area contributed by atoms with Gasteiger partial charge in [-0.2, -0.15) is 0 Å². The molecule has 1 aromatic rings. The van der Waals surface area contributed by atoms with Crippen LogP contribution in [0.2, 0.25) is 0 Å². The molecule has 134 valence electrons. The molecular formula is C18H27NO5. The van der Waals surface area contributed by atoms with Crippen LogP contribution in [0.25, 0.3) is 0 Å². The number of nitrogens with zero attached hydrogens (tertiary/aromatic N) is 1. The van der Waals surface area contributed by atoms with Crippen LogP contribution in [0, 0.1) is 5.92 Å². The zero-order valence-electron chi connectivity index (χ0n) is 15.1. The molecule has 0 aromatic heterocycles. The van der Waals surface area contributed by atoms with Crippen molar-refractivity contribution in [2.75, 3.05) is 34.4 Å². The predicted molar refractivity (Wildman–Crippen MR) is 91.5 cm³/mol. The minimum Gasteiger partial charge on any atom is -0.497 e. The summed E-state index contributed by atoms with van der Waals surface area (Å²) in [5, 5.41) is 0. The van der Waals surface area contributed by atoms with Gasteiger partial charge in [0.25, 0.3) is 5.91 Å². The van der Waals surface area contributed by atoms with Crippen LogP contribution in [0.1, 0.15) is 37.0 Å². The second-order valence-electron chi connectivity index (χ2n) is 5.90. The zero-order chi connectivity index (χ0) is 18.1. The van der Waals surface area contributed by atoms with Crippen LogP contribution in [0.15, 0.2) is 18.2 Å². The highest BCUT2D eigenvalue weighted by molar-refractivity contribution is 5.95. The van der Waals surface area contributed by atoms with Crippen LogP contribution < -0.4 is 9.47 Å². The van der Waals surface area contributed by atoms with Crippen molar-refractivity contribution >= 4 is 11.9 Å². The first-order chi connectivity index (χ1) is 11.4. The van der Waals surface area contributed by atoms with Crippen LogP contribution in [0.5, 0.6) is 11.5 Å².